The van der Waals surface area contributed by atoms with Gasteiger partial charge in [0, 0.05) is 14.1 Å². The highest BCUT2D eigenvalue weighted by Gasteiger charge is 2.29. The summed E-state index contributed by atoms with van der Waals surface area (Å²) in [5.74, 6) is 0.0156. The maximum Gasteiger partial charge on any atom is 0.266 e. The van der Waals surface area contributed by atoms with E-state index in [4.69, 9.17) is 4.74 Å². The number of nitrogens with one attached hydrogen (secondary N) is 2. The number of hydrazine groups is 1. The minimum Gasteiger partial charge on any atom is -0.478 e. The van der Waals surface area contributed by atoms with Gasteiger partial charge < -0.3 is 10.1 Å². The standard InChI is InChI=1S/C12H15N3O3/c1-15(2)14-11(16)7-10-12(17)13-8-5-3-4-6-9(8)18-10/h3-6,10H,7H2,1-2H3,(H,13,17)(H,14,16)/t10-/m1/s1. The van der Waals surface area contributed by atoms with Crippen molar-refractivity contribution in [3.8, 4) is 5.75 Å². The van der Waals surface area contributed by atoms with Crippen LogP contribution in [0.5, 0.6) is 5.75 Å². The van der Waals surface area contributed by atoms with E-state index in [0.29, 0.717) is 11.4 Å². The fourth-order valence-corrected chi connectivity index (χ4v) is 1.69. The van der Waals surface area contributed by atoms with Crippen LogP contribution >= 0.6 is 0 Å². The molecular formula is C12H15N3O3. The van der Waals surface area contributed by atoms with Gasteiger partial charge in [-0.1, -0.05) is 12.1 Å². The largest absolute Gasteiger partial charge is 0.478 e. The van der Waals surface area contributed by atoms with E-state index in [1.807, 2.05) is 12.1 Å². The Balaban J connectivity index is 2.04. The van der Waals surface area contributed by atoms with Crippen LogP contribution in [-0.2, 0) is 9.59 Å². The molecule has 2 N–H and O–H groups in total. The van der Waals surface area contributed by atoms with E-state index in [-0.39, 0.29) is 18.2 Å². The summed E-state index contributed by atoms with van der Waals surface area (Å²) >= 11 is 0. The summed E-state index contributed by atoms with van der Waals surface area (Å²) in [6.07, 6.45) is -0.807. The van der Waals surface area contributed by atoms with Crippen LogP contribution in [0.25, 0.3) is 0 Å². The molecule has 96 valence electrons. The lowest BCUT2D eigenvalue weighted by atomic mass is 10.1. The van der Waals surface area contributed by atoms with Gasteiger partial charge in [0.15, 0.2) is 6.10 Å². The van der Waals surface area contributed by atoms with E-state index >= 15 is 0 Å². The number of carbonyl (C=O) groups is 2. The van der Waals surface area contributed by atoms with Crippen LogP contribution in [0.2, 0.25) is 0 Å². The van der Waals surface area contributed by atoms with E-state index in [1.165, 1.54) is 5.01 Å². The SMILES string of the molecule is CN(C)NC(=O)C[C@H]1Oc2ccccc2NC1=O. The van der Waals surface area contributed by atoms with Gasteiger partial charge in [-0.3, -0.25) is 15.0 Å². The van der Waals surface area contributed by atoms with Gasteiger partial charge in [0.2, 0.25) is 5.91 Å². The average molecular weight is 249 g/mol. The Morgan fingerprint density at radius 2 is 2.17 bits per heavy atom. The molecule has 0 unspecified atom stereocenters. The molecule has 1 aromatic carbocycles. The molecule has 2 amide bonds. The van der Waals surface area contributed by atoms with Crippen molar-refractivity contribution in [3.05, 3.63) is 24.3 Å². The van der Waals surface area contributed by atoms with Gasteiger partial charge in [-0.05, 0) is 12.1 Å². The Morgan fingerprint density at radius 1 is 1.44 bits per heavy atom. The van der Waals surface area contributed by atoms with E-state index in [9.17, 15) is 9.59 Å². The molecule has 18 heavy (non-hydrogen) atoms. The molecule has 0 radical (unpaired) electrons. The van der Waals surface area contributed by atoms with Crippen molar-refractivity contribution >= 4 is 17.5 Å². The Labute approximate surface area is 105 Å². The van der Waals surface area contributed by atoms with Crippen molar-refractivity contribution in [2.45, 2.75) is 12.5 Å². The van der Waals surface area contributed by atoms with E-state index in [1.54, 1.807) is 26.2 Å². The second kappa shape index (κ2) is 5.05. The number of anilines is 1. The fourth-order valence-electron chi connectivity index (χ4n) is 1.69. The monoisotopic (exact) mass is 249 g/mol. The van der Waals surface area contributed by atoms with Gasteiger partial charge in [0.25, 0.3) is 5.91 Å². The first-order chi connectivity index (χ1) is 8.56. The molecule has 1 heterocycles. The molecule has 1 aliphatic heterocycles. The number of fused-ring (bicyclic) bond motifs is 1. The zero-order valence-corrected chi connectivity index (χ0v) is 10.3. The van der Waals surface area contributed by atoms with Gasteiger partial charge in [0.1, 0.15) is 5.75 Å². The quantitative estimate of drug-likeness (QED) is 0.759. The Morgan fingerprint density at radius 3 is 2.89 bits per heavy atom. The lowest BCUT2D eigenvalue weighted by Crippen LogP contribution is -2.43. The van der Waals surface area contributed by atoms with Crippen LogP contribution in [0.1, 0.15) is 6.42 Å². The topological polar surface area (TPSA) is 70.7 Å². The van der Waals surface area contributed by atoms with Gasteiger partial charge in [-0.2, -0.15) is 0 Å². The second-order valence-corrected chi connectivity index (χ2v) is 4.23. The number of nitrogens with zero attached hydrogens (tertiary/aromatic N) is 1. The van der Waals surface area contributed by atoms with E-state index in [2.05, 4.69) is 10.7 Å². The Hall–Kier alpha value is -2.08. The molecule has 0 saturated carbocycles. The number of carbonyl (C=O) groups excluding carboxylic acids is 2. The predicted molar refractivity (Wildman–Crippen MR) is 65.9 cm³/mol. The van der Waals surface area contributed by atoms with Crippen molar-refractivity contribution in [3.63, 3.8) is 0 Å². The van der Waals surface area contributed by atoms with Crippen molar-refractivity contribution in [2.24, 2.45) is 0 Å². The summed E-state index contributed by atoms with van der Waals surface area (Å²) in [5.41, 5.74) is 3.20. The van der Waals surface area contributed by atoms with Crippen molar-refractivity contribution in [1.82, 2.24) is 10.4 Å². The molecule has 0 spiro atoms. The Bertz CT molecular complexity index is 473. The van der Waals surface area contributed by atoms with Crippen LogP contribution in [0.4, 0.5) is 5.69 Å². The van der Waals surface area contributed by atoms with Crippen LogP contribution < -0.4 is 15.5 Å². The molecule has 1 aromatic rings. The molecule has 0 aliphatic carbocycles. The molecule has 2 rings (SSSR count). The van der Waals surface area contributed by atoms with Crippen molar-refractivity contribution < 1.29 is 14.3 Å². The Kier molecular flexibility index (Phi) is 3.47. The first-order valence-electron chi connectivity index (χ1n) is 5.59. The summed E-state index contributed by atoms with van der Waals surface area (Å²) in [6.45, 7) is 0. The highest BCUT2D eigenvalue weighted by atomic mass is 16.5. The zero-order valence-electron chi connectivity index (χ0n) is 10.3. The summed E-state index contributed by atoms with van der Waals surface area (Å²) in [6, 6.07) is 7.13. The number of amides is 2. The van der Waals surface area contributed by atoms with Crippen LogP contribution in [0, 0.1) is 0 Å². The van der Waals surface area contributed by atoms with Crippen LogP contribution in [0.15, 0.2) is 24.3 Å². The third-order valence-electron chi connectivity index (χ3n) is 2.43. The molecule has 6 heteroatoms. The molecule has 0 bridgehead atoms. The highest BCUT2D eigenvalue weighted by Crippen LogP contribution is 2.29. The summed E-state index contributed by atoms with van der Waals surface area (Å²) in [7, 11) is 3.41. The lowest BCUT2D eigenvalue weighted by Gasteiger charge is -2.25. The minimum absolute atomic E-state index is 0.0155. The summed E-state index contributed by atoms with van der Waals surface area (Å²) in [5, 5.41) is 4.24. The molecular weight excluding hydrogens is 234 g/mol. The lowest BCUT2D eigenvalue weighted by molar-refractivity contribution is -0.132. The smallest absolute Gasteiger partial charge is 0.266 e. The van der Waals surface area contributed by atoms with Crippen molar-refractivity contribution in [1.29, 1.82) is 0 Å². The average Bonchev–Trinajstić information content (AvgIpc) is 2.29. The van der Waals surface area contributed by atoms with Gasteiger partial charge in [-0.15, -0.1) is 0 Å². The first-order valence-corrected chi connectivity index (χ1v) is 5.59. The molecule has 0 aromatic heterocycles. The zero-order chi connectivity index (χ0) is 13.1. The van der Waals surface area contributed by atoms with E-state index < -0.39 is 6.10 Å². The normalized spacial score (nSPS) is 17.7. The number of rotatable bonds is 3. The van der Waals surface area contributed by atoms with Crippen LogP contribution in [-0.4, -0.2) is 37.0 Å². The van der Waals surface area contributed by atoms with Crippen LogP contribution in [0.3, 0.4) is 0 Å². The molecule has 1 aliphatic rings. The van der Waals surface area contributed by atoms with Gasteiger partial charge in [-0.25, -0.2) is 5.01 Å². The predicted octanol–water partition coefficient (Wildman–Crippen LogP) is 0.369. The van der Waals surface area contributed by atoms with E-state index in [0.717, 1.165) is 0 Å². The number of ether oxygens (including phenoxy) is 1. The first kappa shape index (κ1) is 12.4. The molecule has 6 nitrogen and oxygen atoms in total. The number of hydrogen-bond acceptors (Lipinski definition) is 4. The third kappa shape index (κ3) is 2.78. The van der Waals surface area contributed by atoms with Gasteiger partial charge >= 0.3 is 0 Å². The maximum atomic E-state index is 11.7. The summed E-state index contributed by atoms with van der Waals surface area (Å²) in [4.78, 5) is 23.3. The number of benzene rings is 1. The third-order valence-corrected chi connectivity index (χ3v) is 2.43. The van der Waals surface area contributed by atoms with Gasteiger partial charge in [0.05, 0.1) is 12.1 Å². The fraction of sp³-hybridized carbons (Fsp3) is 0.333. The summed E-state index contributed by atoms with van der Waals surface area (Å²) < 4.78 is 5.51. The maximum absolute atomic E-state index is 11.7. The number of hydrogen-bond donors (Lipinski definition) is 2. The minimum atomic E-state index is -0.792. The number of para-hydroxylation sites is 2. The highest BCUT2D eigenvalue weighted by molar-refractivity contribution is 5.99. The molecule has 0 saturated heterocycles. The van der Waals surface area contributed by atoms with Crippen molar-refractivity contribution in [2.75, 3.05) is 19.4 Å². The molecule has 1 atom stereocenters. The second-order valence-electron chi connectivity index (χ2n) is 4.23. The molecule has 0 fully saturated rings.